The summed E-state index contributed by atoms with van der Waals surface area (Å²) < 4.78 is 13.0. The molecule has 1 aliphatic heterocycles. The van der Waals surface area contributed by atoms with Crippen molar-refractivity contribution in [2.75, 3.05) is 6.79 Å². The first-order chi connectivity index (χ1) is 17.2. The molecule has 6 rings (SSSR count). The molecule has 1 fully saturated rings. The lowest BCUT2D eigenvalue weighted by atomic mass is 9.81. The van der Waals surface area contributed by atoms with Crippen molar-refractivity contribution in [2.24, 2.45) is 0 Å². The highest BCUT2D eigenvalue weighted by Gasteiger charge is 2.32. The van der Waals surface area contributed by atoms with Crippen LogP contribution in [0, 0.1) is 6.92 Å². The minimum Gasteiger partial charge on any atom is -0.454 e. The molecule has 0 bridgehead atoms. The van der Waals surface area contributed by atoms with Crippen LogP contribution in [-0.4, -0.2) is 33.0 Å². The quantitative estimate of drug-likeness (QED) is 0.376. The minimum atomic E-state index is 0.0297. The van der Waals surface area contributed by atoms with E-state index < -0.39 is 0 Å². The summed E-state index contributed by atoms with van der Waals surface area (Å²) >= 11 is 0. The number of ether oxygens (including phenoxy) is 2. The van der Waals surface area contributed by atoms with E-state index in [9.17, 15) is 4.79 Å². The Kier molecular flexibility index (Phi) is 5.64. The summed E-state index contributed by atoms with van der Waals surface area (Å²) in [6, 6.07) is 22.7. The van der Waals surface area contributed by atoms with Gasteiger partial charge in [0.1, 0.15) is 11.3 Å². The summed E-state index contributed by atoms with van der Waals surface area (Å²) in [5, 5.41) is 0. The van der Waals surface area contributed by atoms with Gasteiger partial charge in [-0.25, -0.2) is 4.98 Å². The van der Waals surface area contributed by atoms with Gasteiger partial charge in [0.15, 0.2) is 11.5 Å². The number of rotatable bonds is 5. The second kappa shape index (κ2) is 9.10. The molecule has 0 N–H and O–H groups in total. The summed E-state index contributed by atoms with van der Waals surface area (Å²) in [5.74, 6) is 2.08. The van der Waals surface area contributed by atoms with Gasteiger partial charge in [-0.2, -0.15) is 0 Å². The molecule has 0 atom stereocenters. The van der Waals surface area contributed by atoms with Crippen molar-refractivity contribution in [3.8, 4) is 11.5 Å². The topological polar surface area (TPSA) is 56.1 Å². The van der Waals surface area contributed by atoms with Crippen molar-refractivity contribution in [1.29, 1.82) is 0 Å². The highest BCUT2D eigenvalue weighted by Crippen LogP contribution is 2.37. The van der Waals surface area contributed by atoms with Gasteiger partial charge in [-0.05, 0) is 73.9 Å². The number of carbonyl (C=O) groups is 1. The molecular formula is C29H29N3O3. The SMILES string of the molecule is Cc1nc2ccccn2c1C(=O)N(Cc1ccc2c(c1)OCO2)C1CCC(c2ccccc2)CC1. The van der Waals surface area contributed by atoms with Gasteiger partial charge in [0.25, 0.3) is 5.91 Å². The number of aryl methyl sites for hydroxylation is 1. The van der Waals surface area contributed by atoms with Crippen LogP contribution in [0.1, 0.15) is 58.9 Å². The smallest absolute Gasteiger partial charge is 0.273 e. The van der Waals surface area contributed by atoms with E-state index in [0.29, 0.717) is 18.2 Å². The van der Waals surface area contributed by atoms with E-state index in [2.05, 4.69) is 40.2 Å². The highest BCUT2D eigenvalue weighted by molar-refractivity contribution is 5.95. The molecule has 0 saturated heterocycles. The van der Waals surface area contributed by atoms with Crippen LogP contribution in [0.5, 0.6) is 11.5 Å². The number of hydrogen-bond acceptors (Lipinski definition) is 4. The Hall–Kier alpha value is -3.80. The van der Waals surface area contributed by atoms with Crippen molar-refractivity contribution < 1.29 is 14.3 Å². The van der Waals surface area contributed by atoms with Crippen molar-refractivity contribution >= 4 is 11.6 Å². The first-order valence-corrected chi connectivity index (χ1v) is 12.4. The van der Waals surface area contributed by atoms with Crippen LogP contribution in [0.3, 0.4) is 0 Å². The Balaban J connectivity index is 1.31. The molecule has 2 aromatic carbocycles. The zero-order chi connectivity index (χ0) is 23.8. The fraction of sp³-hybridized carbons (Fsp3) is 0.310. The molecule has 0 spiro atoms. The average Bonchev–Trinajstić information content (AvgIpc) is 3.50. The summed E-state index contributed by atoms with van der Waals surface area (Å²) in [6.45, 7) is 2.69. The van der Waals surface area contributed by atoms with Crippen molar-refractivity contribution in [1.82, 2.24) is 14.3 Å². The molecule has 2 aliphatic rings. The molecule has 0 unspecified atom stereocenters. The predicted octanol–water partition coefficient (Wildman–Crippen LogP) is 5.74. The van der Waals surface area contributed by atoms with Gasteiger partial charge < -0.3 is 14.4 Å². The van der Waals surface area contributed by atoms with Crippen LogP contribution >= 0.6 is 0 Å². The molecule has 6 nitrogen and oxygen atoms in total. The summed E-state index contributed by atoms with van der Waals surface area (Å²) in [5.41, 5.74) is 4.64. The zero-order valence-electron chi connectivity index (χ0n) is 19.9. The first kappa shape index (κ1) is 21.7. The highest BCUT2D eigenvalue weighted by atomic mass is 16.7. The second-order valence-corrected chi connectivity index (χ2v) is 9.51. The number of fused-ring (bicyclic) bond motifs is 2. The van der Waals surface area contributed by atoms with Gasteiger partial charge in [-0.1, -0.05) is 42.5 Å². The Morgan fingerprint density at radius 3 is 2.57 bits per heavy atom. The predicted molar refractivity (Wildman–Crippen MR) is 134 cm³/mol. The average molecular weight is 468 g/mol. The molecule has 1 saturated carbocycles. The normalized spacial score (nSPS) is 19.1. The number of nitrogens with zero attached hydrogens (tertiary/aromatic N) is 3. The van der Waals surface area contributed by atoms with Crippen LogP contribution < -0.4 is 9.47 Å². The van der Waals surface area contributed by atoms with Crippen LogP contribution in [0.4, 0.5) is 0 Å². The summed E-state index contributed by atoms with van der Waals surface area (Å²) in [4.78, 5) is 20.8. The van der Waals surface area contributed by atoms with Gasteiger partial charge in [0, 0.05) is 18.8 Å². The van der Waals surface area contributed by atoms with E-state index in [1.165, 1.54) is 5.56 Å². The maximum atomic E-state index is 14.1. The van der Waals surface area contributed by atoms with Crippen molar-refractivity contribution in [2.45, 2.75) is 51.1 Å². The Bertz CT molecular complexity index is 1360. The maximum Gasteiger partial charge on any atom is 0.273 e. The van der Waals surface area contributed by atoms with E-state index in [1.807, 2.05) is 53.9 Å². The minimum absolute atomic E-state index is 0.0297. The zero-order valence-corrected chi connectivity index (χ0v) is 19.9. The lowest BCUT2D eigenvalue weighted by molar-refractivity contribution is 0.0597. The molecule has 178 valence electrons. The van der Waals surface area contributed by atoms with E-state index in [4.69, 9.17) is 9.47 Å². The van der Waals surface area contributed by atoms with Crippen LogP contribution in [-0.2, 0) is 6.54 Å². The monoisotopic (exact) mass is 467 g/mol. The fourth-order valence-corrected chi connectivity index (χ4v) is 5.56. The number of amides is 1. The molecule has 35 heavy (non-hydrogen) atoms. The largest absolute Gasteiger partial charge is 0.454 e. The van der Waals surface area contributed by atoms with Crippen LogP contribution in [0.25, 0.3) is 5.65 Å². The molecule has 1 aliphatic carbocycles. The van der Waals surface area contributed by atoms with E-state index in [0.717, 1.165) is 54.1 Å². The van der Waals surface area contributed by atoms with E-state index in [-0.39, 0.29) is 18.7 Å². The maximum absolute atomic E-state index is 14.1. The van der Waals surface area contributed by atoms with Crippen LogP contribution in [0.15, 0.2) is 72.9 Å². The fourth-order valence-electron chi connectivity index (χ4n) is 5.56. The van der Waals surface area contributed by atoms with Crippen molar-refractivity contribution in [3.63, 3.8) is 0 Å². The third kappa shape index (κ3) is 4.14. The van der Waals surface area contributed by atoms with Crippen molar-refractivity contribution in [3.05, 3.63) is 95.4 Å². The van der Waals surface area contributed by atoms with Gasteiger partial charge in [-0.3, -0.25) is 9.20 Å². The lowest BCUT2D eigenvalue weighted by Crippen LogP contribution is -2.42. The molecular weight excluding hydrogens is 438 g/mol. The lowest BCUT2D eigenvalue weighted by Gasteiger charge is -2.37. The molecule has 3 heterocycles. The first-order valence-electron chi connectivity index (χ1n) is 12.4. The second-order valence-electron chi connectivity index (χ2n) is 9.51. The number of carbonyl (C=O) groups excluding carboxylic acids is 1. The summed E-state index contributed by atoms with van der Waals surface area (Å²) in [7, 11) is 0. The van der Waals surface area contributed by atoms with E-state index >= 15 is 0 Å². The van der Waals surface area contributed by atoms with Gasteiger partial charge in [0.05, 0.1) is 5.69 Å². The number of benzene rings is 2. The Morgan fingerprint density at radius 2 is 1.74 bits per heavy atom. The molecule has 4 aromatic rings. The number of hydrogen-bond donors (Lipinski definition) is 0. The third-order valence-electron chi connectivity index (χ3n) is 7.37. The molecule has 2 aromatic heterocycles. The standard InChI is InChI=1S/C29H29N3O3/c1-20-28(31-16-6-5-9-27(31)30-20)29(33)32(18-21-10-15-25-26(17-21)35-19-34-25)24-13-11-23(12-14-24)22-7-3-2-4-8-22/h2-10,15-17,23-24H,11-14,18-19H2,1H3. The van der Waals surface area contributed by atoms with Crippen LogP contribution in [0.2, 0.25) is 0 Å². The van der Waals surface area contributed by atoms with Gasteiger partial charge >= 0.3 is 0 Å². The molecule has 1 amide bonds. The third-order valence-corrected chi connectivity index (χ3v) is 7.37. The molecule has 0 radical (unpaired) electrons. The Morgan fingerprint density at radius 1 is 0.971 bits per heavy atom. The number of aromatic nitrogens is 2. The van der Waals surface area contributed by atoms with E-state index in [1.54, 1.807) is 0 Å². The summed E-state index contributed by atoms with van der Waals surface area (Å²) in [6.07, 6.45) is 6.03. The number of imidazole rings is 1. The molecule has 6 heteroatoms. The van der Waals surface area contributed by atoms with Gasteiger partial charge in [0.2, 0.25) is 6.79 Å². The Labute approximate surface area is 205 Å². The number of pyridine rings is 1. The van der Waals surface area contributed by atoms with Gasteiger partial charge in [-0.15, -0.1) is 0 Å².